The van der Waals surface area contributed by atoms with Gasteiger partial charge >= 0.3 is 0 Å². The number of nitrogens with one attached hydrogen (secondary N) is 3. The maximum absolute atomic E-state index is 13.0. The van der Waals surface area contributed by atoms with Gasteiger partial charge in [-0.3, -0.25) is 14.8 Å². The Kier molecular flexibility index (Phi) is 10.6. The maximum Gasteiger partial charge on any atom is 0.250 e. The number of carbonyl (C=O) groups is 2. The van der Waals surface area contributed by atoms with Crippen molar-refractivity contribution in [3.8, 4) is 5.75 Å². The molecule has 0 fully saturated rings. The Morgan fingerprint density at radius 1 is 1.09 bits per heavy atom. The number of amides is 2. The summed E-state index contributed by atoms with van der Waals surface area (Å²) in [4.78, 5) is 24.1. The van der Waals surface area contributed by atoms with Crippen molar-refractivity contribution in [3.63, 3.8) is 0 Å². The molecule has 0 bridgehead atoms. The van der Waals surface area contributed by atoms with Crippen LogP contribution in [-0.4, -0.2) is 35.4 Å². The molecule has 0 heterocycles. The molecule has 4 N–H and O–H groups in total. The molecule has 7 heteroatoms. The summed E-state index contributed by atoms with van der Waals surface area (Å²) >= 11 is 0. The maximum atomic E-state index is 13.0. The van der Waals surface area contributed by atoms with Gasteiger partial charge in [0.25, 0.3) is 5.91 Å². The van der Waals surface area contributed by atoms with Gasteiger partial charge in [-0.05, 0) is 43.6 Å². The molecule has 7 nitrogen and oxygen atoms in total. The summed E-state index contributed by atoms with van der Waals surface area (Å²) in [6.07, 6.45) is 4.48. The largest absolute Gasteiger partial charge is 0.488 e. The van der Waals surface area contributed by atoms with Crippen LogP contribution in [0.15, 0.2) is 54.1 Å². The van der Waals surface area contributed by atoms with Crippen LogP contribution in [0.1, 0.15) is 52.9 Å². The molecule has 2 amide bonds. The Bertz CT molecular complexity index is 979. The highest BCUT2D eigenvalue weighted by atomic mass is 16.5. The van der Waals surface area contributed by atoms with Crippen molar-refractivity contribution in [2.45, 2.75) is 58.9 Å². The number of hydrogen-bond acceptors (Lipinski definition) is 5. The van der Waals surface area contributed by atoms with E-state index in [9.17, 15) is 9.59 Å². The third-order valence-electron chi connectivity index (χ3n) is 5.40. The van der Waals surface area contributed by atoms with Crippen molar-refractivity contribution < 1.29 is 19.5 Å². The Hall–Kier alpha value is -3.19. The first-order valence-corrected chi connectivity index (χ1v) is 11.4. The molecular weight excluding hydrogens is 418 g/mol. The third kappa shape index (κ3) is 8.69. The number of benzene rings is 2. The first kappa shape index (κ1) is 26.1. The number of rotatable bonds is 13. The van der Waals surface area contributed by atoms with Crippen LogP contribution in [0.4, 0.5) is 0 Å². The Labute approximate surface area is 195 Å². The van der Waals surface area contributed by atoms with E-state index in [1.54, 1.807) is 5.48 Å². The van der Waals surface area contributed by atoms with Crippen molar-refractivity contribution in [2.24, 2.45) is 5.92 Å². The number of ether oxygens (including phenoxy) is 1. The number of fused-ring (bicyclic) bond motifs is 1. The molecule has 2 rings (SSSR count). The van der Waals surface area contributed by atoms with Crippen molar-refractivity contribution in [1.29, 1.82) is 5.41 Å². The first-order valence-electron chi connectivity index (χ1n) is 11.4. The molecule has 2 aromatic carbocycles. The molecule has 0 saturated heterocycles. The third-order valence-corrected chi connectivity index (χ3v) is 5.40. The lowest BCUT2D eigenvalue weighted by Crippen LogP contribution is -2.36. The predicted molar refractivity (Wildman–Crippen MR) is 131 cm³/mol. The summed E-state index contributed by atoms with van der Waals surface area (Å²) in [5.74, 6) is 0.219. The minimum atomic E-state index is -0.419. The number of hydrogen-bond donors (Lipinski definition) is 4. The average molecular weight is 454 g/mol. The summed E-state index contributed by atoms with van der Waals surface area (Å²) in [5.41, 5.74) is 2.74. The van der Waals surface area contributed by atoms with Crippen molar-refractivity contribution in [3.05, 3.63) is 54.1 Å². The topological polar surface area (TPSA) is 112 Å². The quantitative estimate of drug-likeness (QED) is 0.115. The van der Waals surface area contributed by atoms with Gasteiger partial charge in [0.1, 0.15) is 12.4 Å². The molecule has 2 aromatic rings. The van der Waals surface area contributed by atoms with Gasteiger partial charge in [-0.15, -0.1) is 0 Å². The molecule has 0 radical (unpaired) electrons. The minimum absolute atomic E-state index is 0.116. The fourth-order valence-corrected chi connectivity index (χ4v) is 3.39. The second kappa shape index (κ2) is 13.4. The molecule has 0 aromatic heterocycles. The smallest absolute Gasteiger partial charge is 0.250 e. The van der Waals surface area contributed by atoms with E-state index in [0.29, 0.717) is 42.7 Å². The Morgan fingerprint density at radius 3 is 2.55 bits per heavy atom. The van der Waals surface area contributed by atoms with Crippen LogP contribution in [0.3, 0.4) is 0 Å². The van der Waals surface area contributed by atoms with E-state index >= 15 is 0 Å². The van der Waals surface area contributed by atoms with Gasteiger partial charge in [0.2, 0.25) is 5.91 Å². The molecule has 33 heavy (non-hydrogen) atoms. The monoisotopic (exact) mass is 453 g/mol. The second-order valence-corrected chi connectivity index (χ2v) is 8.53. The molecule has 0 aliphatic carbocycles. The van der Waals surface area contributed by atoms with Gasteiger partial charge in [-0.1, -0.05) is 56.3 Å². The van der Waals surface area contributed by atoms with E-state index in [1.807, 2.05) is 69.3 Å². The fourth-order valence-electron chi connectivity index (χ4n) is 3.39. The van der Waals surface area contributed by atoms with Crippen LogP contribution in [0.25, 0.3) is 10.8 Å². The second-order valence-electron chi connectivity index (χ2n) is 8.53. The normalized spacial score (nSPS) is 12.5. The summed E-state index contributed by atoms with van der Waals surface area (Å²) < 4.78 is 6.05. The molecule has 0 spiro atoms. The van der Waals surface area contributed by atoms with E-state index in [1.165, 1.54) is 0 Å². The number of unbranched alkanes of at least 4 members (excludes halogenated alkanes) is 2. The summed E-state index contributed by atoms with van der Waals surface area (Å²) in [6.45, 7) is 5.95. The van der Waals surface area contributed by atoms with Crippen LogP contribution in [0, 0.1) is 11.3 Å². The van der Waals surface area contributed by atoms with Gasteiger partial charge in [0, 0.05) is 30.0 Å². The Balaban J connectivity index is 2.07. The minimum Gasteiger partial charge on any atom is -0.488 e. The molecule has 1 atom stereocenters. The lowest BCUT2D eigenvalue weighted by Gasteiger charge is -2.18. The van der Waals surface area contributed by atoms with Crippen LogP contribution in [0.2, 0.25) is 0 Å². The zero-order valence-electron chi connectivity index (χ0n) is 19.7. The van der Waals surface area contributed by atoms with E-state index in [4.69, 9.17) is 15.4 Å². The highest BCUT2D eigenvalue weighted by Crippen LogP contribution is 2.25. The SMILES string of the molecule is CC(CC(=N)C(C)C)NC(=O)/C(=C/CCCCC(=O)NO)COc1cccc2ccccc12. The van der Waals surface area contributed by atoms with Gasteiger partial charge in [0.05, 0.1) is 5.57 Å². The van der Waals surface area contributed by atoms with Gasteiger partial charge in [-0.2, -0.15) is 0 Å². The van der Waals surface area contributed by atoms with Gasteiger partial charge < -0.3 is 15.5 Å². The summed E-state index contributed by atoms with van der Waals surface area (Å²) in [5, 5.41) is 21.7. The molecule has 178 valence electrons. The molecular formula is C26H35N3O4. The summed E-state index contributed by atoms with van der Waals surface area (Å²) in [6, 6.07) is 13.6. The van der Waals surface area contributed by atoms with E-state index in [0.717, 1.165) is 10.8 Å². The van der Waals surface area contributed by atoms with Crippen LogP contribution >= 0.6 is 0 Å². The van der Waals surface area contributed by atoms with Crippen LogP contribution < -0.4 is 15.5 Å². The lowest BCUT2D eigenvalue weighted by atomic mass is 10.0. The summed E-state index contributed by atoms with van der Waals surface area (Å²) in [7, 11) is 0. The first-order chi connectivity index (χ1) is 15.8. The molecule has 0 aliphatic rings. The van der Waals surface area contributed by atoms with Gasteiger partial charge in [-0.25, -0.2) is 5.48 Å². The van der Waals surface area contributed by atoms with Crippen LogP contribution in [0.5, 0.6) is 5.75 Å². The average Bonchev–Trinajstić information content (AvgIpc) is 2.80. The Morgan fingerprint density at radius 2 is 1.82 bits per heavy atom. The van der Waals surface area contributed by atoms with Crippen LogP contribution in [-0.2, 0) is 9.59 Å². The standard InChI is InChI=1S/C26H35N3O4/c1-18(2)23(27)16-19(3)28-26(31)21(11-5-4-6-15-25(30)29-32)17-33-24-14-9-12-20-10-7-8-13-22(20)24/h7-14,18-19,27,32H,4-6,15-17H2,1-3H3,(H,28,31)(H,29,30)/b21-11+,27-23?. The van der Waals surface area contributed by atoms with Crippen molar-refractivity contribution >= 4 is 28.3 Å². The molecule has 0 aliphatic heterocycles. The fraction of sp³-hybridized carbons (Fsp3) is 0.423. The lowest BCUT2D eigenvalue weighted by molar-refractivity contribution is -0.129. The van der Waals surface area contributed by atoms with Gasteiger partial charge in [0.15, 0.2) is 0 Å². The number of allylic oxidation sites excluding steroid dienone is 1. The molecule has 1 unspecified atom stereocenters. The number of carbonyl (C=O) groups excluding carboxylic acids is 2. The van der Waals surface area contributed by atoms with E-state index < -0.39 is 5.91 Å². The van der Waals surface area contributed by atoms with Crippen molar-refractivity contribution in [1.82, 2.24) is 10.8 Å². The zero-order valence-corrected chi connectivity index (χ0v) is 19.7. The highest BCUT2D eigenvalue weighted by molar-refractivity contribution is 5.94. The zero-order chi connectivity index (χ0) is 24.2. The van der Waals surface area contributed by atoms with E-state index in [2.05, 4.69) is 5.32 Å². The molecule has 0 saturated carbocycles. The number of hydroxylamine groups is 1. The van der Waals surface area contributed by atoms with Crippen molar-refractivity contribution in [2.75, 3.05) is 6.61 Å². The highest BCUT2D eigenvalue weighted by Gasteiger charge is 2.16. The van der Waals surface area contributed by atoms with E-state index in [-0.39, 0.29) is 30.9 Å². The predicted octanol–water partition coefficient (Wildman–Crippen LogP) is 4.78.